The molecule has 0 aromatic heterocycles. The molecule has 1 N–H and O–H groups in total. The lowest BCUT2D eigenvalue weighted by Gasteiger charge is -2.26. The first-order valence-electron chi connectivity index (χ1n) is 5.04. The fourth-order valence-corrected chi connectivity index (χ4v) is 1.38. The van der Waals surface area contributed by atoms with Gasteiger partial charge in [0.05, 0.1) is 6.61 Å². The third-order valence-corrected chi connectivity index (χ3v) is 2.13. The van der Waals surface area contributed by atoms with E-state index in [2.05, 4.69) is 10.2 Å². The smallest absolute Gasteiger partial charge is 0.335 e. The molecule has 0 aromatic rings. The van der Waals surface area contributed by atoms with Gasteiger partial charge in [-0.2, -0.15) is 0 Å². The second-order valence-electron chi connectivity index (χ2n) is 3.32. The van der Waals surface area contributed by atoms with E-state index in [-0.39, 0.29) is 5.97 Å². The molecule has 0 spiro atoms. The summed E-state index contributed by atoms with van der Waals surface area (Å²) >= 11 is 0. The summed E-state index contributed by atoms with van der Waals surface area (Å²) in [5, 5.41) is 3.26. The lowest BCUT2D eigenvalue weighted by Crippen LogP contribution is -2.40. The SMILES string of the molecule is CCOC(=O)C(C)=CN1CCNCC1. The van der Waals surface area contributed by atoms with Gasteiger partial charge in [-0.05, 0) is 13.8 Å². The van der Waals surface area contributed by atoms with Crippen molar-refractivity contribution >= 4 is 5.97 Å². The fraction of sp³-hybridized carbons (Fsp3) is 0.700. The van der Waals surface area contributed by atoms with Gasteiger partial charge in [-0.1, -0.05) is 0 Å². The molecule has 0 bridgehead atoms. The van der Waals surface area contributed by atoms with Crippen molar-refractivity contribution in [2.24, 2.45) is 0 Å². The Bertz CT molecular complexity index is 220. The summed E-state index contributed by atoms with van der Waals surface area (Å²) in [7, 11) is 0. The van der Waals surface area contributed by atoms with Crippen LogP contribution in [0.5, 0.6) is 0 Å². The molecule has 1 heterocycles. The van der Waals surface area contributed by atoms with Gasteiger partial charge in [-0.3, -0.25) is 0 Å². The lowest BCUT2D eigenvalue weighted by atomic mass is 10.3. The van der Waals surface area contributed by atoms with E-state index in [9.17, 15) is 4.79 Å². The molecule has 4 heteroatoms. The van der Waals surface area contributed by atoms with Crippen molar-refractivity contribution in [3.05, 3.63) is 11.8 Å². The summed E-state index contributed by atoms with van der Waals surface area (Å²) in [6, 6.07) is 0. The molecular formula is C10H18N2O2. The van der Waals surface area contributed by atoms with Crippen molar-refractivity contribution in [2.45, 2.75) is 13.8 Å². The molecule has 1 aliphatic heterocycles. The topological polar surface area (TPSA) is 41.6 Å². The van der Waals surface area contributed by atoms with Crippen LogP contribution in [0.3, 0.4) is 0 Å². The summed E-state index contributed by atoms with van der Waals surface area (Å²) in [5.41, 5.74) is 0.675. The Balaban J connectivity index is 2.44. The summed E-state index contributed by atoms with van der Waals surface area (Å²) in [4.78, 5) is 13.4. The monoisotopic (exact) mass is 198 g/mol. The van der Waals surface area contributed by atoms with Crippen LogP contribution in [0.1, 0.15) is 13.8 Å². The van der Waals surface area contributed by atoms with Crippen LogP contribution in [-0.2, 0) is 9.53 Å². The maximum atomic E-state index is 11.3. The highest BCUT2D eigenvalue weighted by Gasteiger charge is 2.09. The van der Waals surface area contributed by atoms with Crippen LogP contribution in [0.15, 0.2) is 11.8 Å². The standard InChI is InChI=1S/C10H18N2O2/c1-3-14-10(13)9(2)8-12-6-4-11-5-7-12/h8,11H,3-7H2,1-2H3. The Morgan fingerprint density at radius 3 is 2.71 bits per heavy atom. The maximum Gasteiger partial charge on any atom is 0.335 e. The van der Waals surface area contributed by atoms with Crippen LogP contribution < -0.4 is 5.32 Å². The first-order valence-corrected chi connectivity index (χ1v) is 5.04. The number of esters is 1. The van der Waals surface area contributed by atoms with Gasteiger partial charge < -0.3 is 15.0 Å². The van der Waals surface area contributed by atoms with Crippen molar-refractivity contribution in [3.63, 3.8) is 0 Å². The van der Waals surface area contributed by atoms with E-state index in [1.165, 1.54) is 0 Å². The average molecular weight is 198 g/mol. The number of ether oxygens (including phenoxy) is 1. The Hall–Kier alpha value is -1.03. The van der Waals surface area contributed by atoms with Gasteiger partial charge in [0.15, 0.2) is 0 Å². The normalized spacial score (nSPS) is 18.1. The number of carbonyl (C=O) groups is 1. The maximum absolute atomic E-state index is 11.3. The molecule has 0 saturated carbocycles. The molecule has 0 atom stereocenters. The molecule has 0 amide bonds. The minimum absolute atomic E-state index is 0.217. The predicted molar refractivity (Wildman–Crippen MR) is 54.8 cm³/mol. The van der Waals surface area contributed by atoms with E-state index < -0.39 is 0 Å². The zero-order valence-corrected chi connectivity index (χ0v) is 8.88. The second kappa shape index (κ2) is 5.65. The highest BCUT2D eigenvalue weighted by molar-refractivity contribution is 5.87. The van der Waals surface area contributed by atoms with E-state index in [0.717, 1.165) is 26.2 Å². The predicted octanol–water partition coefficient (Wildman–Crippen LogP) is 0.359. The molecule has 14 heavy (non-hydrogen) atoms. The number of nitrogens with one attached hydrogen (secondary N) is 1. The van der Waals surface area contributed by atoms with Crippen molar-refractivity contribution in [1.29, 1.82) is 0 Å². The minimum Gasteiger partial charge on any atom is -0.463 e. The van der Waals surface area contributed by atoms with Crippen LogP contribution >= 0.6 is 0 Å². The van der Waals surface area contributed by atoms with Crippen molar-refractivity contribution in [1.82, 2.24) is 10.2 Å². The number of nitrogens with zero attached hydrogens (tertiary/aromatic N) is 1. The van der Waals surface area contributed by atoms with Crippen molar-refractivity contribution in [3.8, 4) is 0 Å². The lowest BCUT2D eigenvalue weighted by molar-refractivity contribution is -0.138. The van der Waals surface area contributed by atoms with Gasteiger partial charge in [-0.15, -0.1) is 0 Å². The Kier molecular flexibility index (Phi) is 4.46. The molecule has 1 fully saturated rings. The summed E-state index contributed by atoms with van der Waals surface area (Å²) in [6.45, 7) is 7.91. The van der Waals surface area contributed by atoms with Gasteiger partial charge in [0, 0.05) is 38.0 Å². The zero-order valence-electron chi connectivity index (χ0n) is 8.88. The molecule has 0 unspecified atom stereocenters. The van der Waals surface area contributed by atoms with Gasteiger partial charge in [0.2, 0.25) is 0 Å². The van der Waals surface area contributed by atoms with E-state index in [1.54, 1.807) is 6.92 Å². The van der Waals surface area contributed by atoms with Crippen molar-refractivity contribution < 1.29 is 9.53 Å². The Morgan fingerprint density at radius 1 is 1.50 bits per heavy atom. The highest BCUT2D eigenvalue weighted by Crippen LogP contribution is 2.01. The van der Waals surface area contributed by atoms with E-state index >= 15 is 0 Å². The van der Waals surface area contributed by atoms with Crippen LogP contribution in [-0.4, -0.2) is 43.7 Å². The molecule has 0 aromatic carbocycles. The van der Waals surface area contributed by atoms with Gasteiger partial charge >= 0.3 is 5.97 Å². The third kappa shape index (κ3) is 3.38. The van der Waals surface area contributed by atoms with Gasteiger partial charge in [0.25, 0.3) is 0 Å². The Morgan fingerprint density at radius 2 is 2.14 bits per heavy atom. The number of carbonyl (C=O) groups excluding carboxylic acids is 1. The molecular weight excluding hydrogens is 180 g/mol. The molecule has 1 rings (SSSR count). The van der Waals surface area contributed by atoms with Crippen LogP contribution in [0.4, 0.5) is 0 Å². The first kappa shape index (κ1) is 11.0. The number of hydrogen-bond donors (Lipinski definition) is 1. The van der Waals surface area contributed by atoms with Crippen LogP contribution in [0.2, 0.25) is 0 Å². The molecule has 80 valence electrons. The highest BCUT2D eigenvalue weighted by atomic mass is 16.5. The minimum atomic E-state index is -0.217. The zero-order chi connectivity index (χ0) is 10.4. The number of rotatable bonds is 3. The summed E-state index contributed by atoms with van der Waals surface area (Å²) in [6.07, 6.45) is 1.89. The van der Waals surface area contributed by atoms with E-state index in [0.29, 0.717) is 12.2 Å². The molecule has 1 saturated heterocycles. The van der Waals surface area contributed by atoms with Crippen LogP contribution in [0.25, 0.3) is 0 Å². The number of piperazine rings is 1. The second-order valence-corrected chi connectivity index (χ2v) is 3.32. The molecule has 0 radical (unpaired) electrons. The fourth-order valence-electron chi connectivity index (χ4n) is 1.38. The van der Waals surface area contributed by atoms with Crippen molar-refractivity contribution in [2.75, 3.05) is 32.8 Å². The van der Waals surface area contributed by atoms with Crippen LogP contribution in [0, 0.1) is 0 Å². The largest absolute Gasteiger partial charge is 0.463 e. The van der Waals surface area contributed by atoms with E-state index in [4.69, 9.17) is 4.74 Å². The van der Waals surface area contributed by atoms with Gasteiger partial charge in [-0.25, -0.2) is 4.79 Å². The third-order valence-electron chi connectivity index (χ3n) is 2.13. The van der Waals surface area contributed by atoms with E-state index in [1.807, 2.05) is 13.1 Å². The average Bonchev–Trinajstić information content (AvgIpc) is 2.19. The summed E-state index contributed by atoms with van der Waals surface area (Å²) in [5.74, 6) is -0.217. The quantitative estimate of drug-likeness (QED) is 0.525. The molecule has 4 nitrogen and oxygen atoms in total. The molecule has 1 aliphatic rings. The first-order chi connectivity index (χ1) is 6.74. The molecule has 0 aliphatic carbocycles. The number of hydrogen-bond acceptors (Lipinski definition) is 4. The van der Waals surface area contributed by atoms with Gasteiger partial charge in [0.1, 0.15) is 0 Å². The summed E-state index contributed by atoms with van der Waals surface area (Å²) < 4.78 is 4.90. The Labute approximate surface area is 84.9 Å².